The summed E-state index contributed by atoms with van der Waals surface area (Å²) in [6.07, 6.45) is 7.13. The van der Waals surface area contributed by atoms with Crippen LogP contribution >= 0.6 is 0 Å². The topological polar surface area (TPSA) is 101 Å². The summed E-state index contributed by atoms with van der Waals surface area (Å²) in [6.45, 7) is 3.28. The first-order valence-corrected chi connectivity index (χ1v) is 15.4. The largest absolute Gasteiger partial charge is 0.461 e. The van der Waals surface area contributed by atoms with Crippen LogP contribution in [0.15, 0.2) is 42.6 Å². The first kappa shape index (κ1) is 27.3. The molecule has 11 heteroatoms. The number of rotatable bonds is 5. The molecule has 226 valence electrons. The highest BCUT2D eigenvalue weighted by molar-refractivity contribution is 6.06. The van der Waals surface area contributed by atoms with Gasteiger partial charge in [-0.2, -0.15) is 9.97 Å². The van der Waals surface area contributed by atoms with Gasteiger partial charge in [-0.1, -0.05) is 30.3 Å². The van der Waals surface area contributed by atoms with Crippen LogP contribution in [0.25, 0.3) is 32.9 Å². The van der Waals surface area contributed by atoms with Crippen LogP contribution < -0.4 is 15.0 Å². The van der Waals surface area contributed by atoms with Crippen molar-refractivity contribution < 1.29 is 23.1 Å². The second-order valence-corrected chi connectivity index (χ2v) is 12.7. The molecule has 4 aromatic rings. The Bertz CT molecular complexity index is 1830. The number of carbonyl (C=O) groups excluding carboxylic acids is 2. The lowest BCUT2D eigenvalue weighted by Crippen LogP contribution is -2.47. The summed E-state index contributed by atoms with van der Waals surface area (Å²) in [4.78, 5) is 43.3. The zero-order valence-electron chi connectivity index (χ0n) is 24.2. The molecule has 0 bridgehead atoms. The van der Waals surface area contributed by atoms with Gasteiger partial charge in [-0.05, 0) is 63.1 Å². The minimum absolute atomic E-state index is 0.0158. The molecular weight excluding hydrogens is 566 g/mol. The number of nitrogens with zero attached hydrogens (tertiary/aromatic N) is 5. The van der Waals surface area contributed by atoms with E-state index in [-0.39, 0.29) is 52.9 Å². The Kier molecular flexibility index (Phi) is 6.30. The van der Waals surface area contributed by atoms with E-state index < -0.39 is 17.0 Å². The number of benzene rings is 2. The van der Waals surface area contributed by atoms with Gasteiger partial charge in [-0.25, -0.2) is 8.78 Å². The normalized spacial score (nSPS) is 23.2. The predicted molar refractivity (Wildman–Crippen MR) is 160 cm³/mol. The van der Waals surface area contributed by atoms with Crippen LogP contribution in [0.5, 0.6) is 6.01 Å². The number of hydrogen-bond acceptors (Lipinski definition) is 8. The van der Waals surface area contributed by atoms with E-state index in [0.29, 0.717) is 48.1 Å². The Morgan fingerprint density at radius 2 is 1.73 bits per heavy atom. The fourth-order valence-corrected chi connectivity index (χ4v) is 8.00. The number of halogens is 2. The number of hydrogen-bond donors (Lipinski definition) is 1. The number of aromatic nitrogens is 3. The Hall–Kier alpha value is -4.25. The van der Waals surface area contributed by atoms with Crippen molar-refractivity contribution in [2.24, 2.45) is 5.41 Å². The Labute approximate surface area is 252 Å². The highest BCUT2D eigenvalue weighted by Crippen LogP contribution is 2.42. The summed E-state index contributed by atoms with van der Waals surface area (Å²) in [5.74, 6) is -1.33. The summed E-state index contributed by atoms with van der Waals surface area (Å²) in [5, 5.41) is 3.73. The molecule has 9 nitrogen and oxygen atoms in total. The Balaban J connectivity index is 1.25. The summed E-state index contributed by atoms with van der Waals surface area (Å²) in [5.41, 5.74) is -0.615. The molecule has 4 saturated heterocycles. The number of anilines is 1. The van der Waals surface area contributed by atoms with Crippen LogP contribution in [-0.4, -0.2) is 70.0 Å². The SMILES string of the molecule is O=C1CC2(CCCN(c3nc(OCC45CCCN4CCC5)nc4c(F)c(-c5cccc6cccc(F)c56)ncc34)C2)C(=O)N1. The van der Waals surface area contributed by atoms with Crippen molar-refractivity contribution in [2.75, 3.05) is 37.7 Å². The number of nitrogens with one attached hydrogen (secondary N) is 1. The molecule has 1 atom stereocenters. The highest BCUT2D eigenvalue weighted by atomic mass is 19.1. The van der Waals surface area contributed by atoms with Crippen LogP contribution in [0, 0.1) is 17.0 Å². The van der Waals surface area contributed by atoms with Gasteiger partial charge in [0.25, 0.3) is 0 Å². The number of amides is 2. The maximum Gasteiger partial charge on any atom is 0.319 e. The minimum atomic E-state index is -0.868. The van der Waals surface area contributed by atoms with E-state index in [1.807, 2.05) is 4.90 Å². The number of piperidine rings is 1. The molecule has 0 aliphatic carbocycles. The molecule has 44 heavy (non-hydrogen) atoms. The van der Waals surface area contributed by atoms with E-state index in [4.69, 9.17) is 9.72 Å². The number of carbonyl (C=O) groups is 2. The van der Waals surface area contributed by atoms with Gasteiger partial charge in [0.05, 0.1) is 16.3 Å². The smallest absolute Gasteiger partial charge is 0.319 e. The lowest BCUT2D eigenvalue weighted by molar-refractivity contribution is -0.128. The third-order valence-corrected chi connectivity index (χ3v) is 10.1. The lowest BCUT2D eigenvalue weighted by atomic mass is 9.78. The first-order valence-electron chi connectivity index (χ1n) is 15.4. The molecule has 1 spiro atoms. The van der Waals surface area contributed by atoms with Crippen molar-refractivity contribution in [3.05, 3.63) is 54.2 Å². The molecular formula is C33H32F2N6O3. The second kappa shape index (κ2) is 10.2. The average Bonchev–Trinajstić information content (AvgIpc) is 3.68. The number of ether oxygens (including phenoxy) is 1. The molecule has 8 rings (SSSR count). The van der Waals surface area contributed by atoms with Gasteiger partial charge in [0.15, 0.2) is 5.82 Å². The standard InChI is InChI=1S/C33H32F2N6O3/c34-23-9-2-7-20-6-1-8-21(25(20)23)27-26(35)28-22(17-36-27)29(40-13-3-10-32(18-40)16-24(42)37-30(32)43)39-31(38-28)44-19-33-11-4-14-41(33)15-5-12-33/h1-2,6-9,17H,3-5,10-16,18-19H2,(H,37,42,43). The Morgan fingerprint density at radius 3 is 2.50 bits per heavy atom. The van der Waals surface area contributed by atoms with Gasteiger partial charge in [-0.3, -0.25) is 24.8 Å². The van der Waals surface area contributed by atoms with Gasteiger partial charge < -0.3 is 9.64 Å². The van der Waals surface area contributed by atoms with E-state index in [9.17, 15) is 9.59 Å². The van der Waals surface area contributed by atoms with Gasteiger partial charge >= 0.3 is 6.01 Å². The molecule has 1 unspecified atom stereocenters. The van der Waals surface area contributed by atoms with Crippen LogP contribution in [0.4, 0.5) is 14.6 Å². The molecule has 4 aliphatic heterocycles. The Morgan fingerprint density at radius 1 is 0.955 bits per heavy atom. The summed E-state index contributed by atoms with van der Waals surface area (Å²) in [6, 6.07) is 9.97. The molecule has 2 aromatic heterocycles. The maximum absolute atomic E-state index is 16.6. The van der Waals surface area contributed by atoms with Gasteiger partial charge in [-0.15, -0.1) is 0 Å². The number of fused-ring (bicyclic) bond motifs is 3. The third kappa shape index (κ3) is 4.23. The molecule has 4 aliphatic rings. The summed E-state index contributed by atoms with van der Waals surface area (Å²) < 4.78 is 38.0. The molecule has 2 aromatic carbocycles. The average molecular weight is 599 g/mol. The molecule has 0 radical (unpaired) electrons. The number of imide groups is 1. The third-order valence-electron chi connectivity index (χ3n) is 10.1. The van der Waals surface area contributed by atoms with Gasteiger partial charge in [0, 0.05) is 36.7 Å². The lowest BCUT2D eigenvalue weighted by Gasteiger charge is -2.39. The fraction of sp³-hybridized carbons (Fsp3) is 0.424. The van der Waals surface area contributed by atoms with Crippen LogP contribution in [0.1, 0.15) is 44.9 Å². The van der Waals surface area contributed by atoms with E-state index in [1.165, 1.54) is 12.3 Å². The van der Waals surface area contributed by atoms with E-state index in [2.05, 4.69) is 20.2 Å². The van der Waals surface area contributed by atoms with Crippen LogP contribution in [0.2, 0.25) is 0 Å². The van der Waals surface area contributed by atoms with Crippen LogP contribution in [-0.2, 0) is 9.59 Å². The van der Waals surface area contributed by atoms with E-state index >= 15 is 8.78 Å². The molecule has 1 N–H and O–H groups in total. The molecule has 2 amide bonds. The zero-order chi connectivity index (χ0) is 30.1. The zero-order valence-corrected chi connectivity index (χ0v) is 24.2. The van der Waals surface area contributed by atoms with Crippen molar-refractivity contribution in [3.63, 3.8) is 0 Å². The molecule has 0 saturated carbocycles. The second-order valence-electron chi connectivity index (χ2n) is 12.7. The van der Waals surface area contributed by atoms with Crippen molar-refractivity contribution in [1.29, 1.82) is 0 Å². The van der Waals surface area contributed by atoms with Gasteiger partial charge in [0.2, 0.25) is 11.8 Å². The molecule has 6 heterocycles. The van der Waals surface area contributed by atoms with Crippen molar-refractivity contribution in [2.45, 2.75) is 50.5 Å². The van der Waals surface area contributed by atoms with Crippen molar-refractivity contribution >= 4 is 39.3 Å². The van der Waals surface area contributed by atoms with E-state index in [0.717, 1.165) is 38.8 Å². The van der Waals surface area contributed by atoms with Crippen molar-refractivity contribution in [1.82, 2.24) is 25.2 Å². The van der Waals surface area contributed by atoms with Crippen molar-refractivity contribution in [3.8, 4) is 17.3 Å². The number of pyridine rings is 1. The van der Waals surface area contributed by atoms with Gasteiger partial charge in [0.1, 0.15) is 29.5 Å². The fourth-order valence-electron chi connectivity index (χ4n) is 8.00. The summed E-state index contributed by atoms with van der Waals surface area (Å²) >= 11 is 0. The monoisotopic (exact) mass is 598 g/mol. The van der Waals surface area contributed by atoms with Crippen LogP contribution in [0.3, 0.4) is 0 Å². The maximum atomic E-state index is 16.6. The highest BCUT2D eigenvalue weighted by Gasteiger charge is 2.49. The quantitative estimate of drug-likeness (QED) is 0.328. The minimum Gasteiger partial charge on any atom is -0.461 e. The van der Waals surface area contributed by atoms with E-state index in [1.54, 1.807) is 30.3 Å². The molecule has 4 fully saturated rings. The summed E-state index contributed by atoms with van der Waals surface area (Å²) in [7, 11) is 0. The predicted octanol–water partition coefficient (Wildman–Crippen LogP) is 4.76. The first-order chi connectivity index (χ1) is 21.4.